The van der Waals surface area contributed by atoms with Crippen LogP contribution in [0, 0.1) is 5.92 Å². The van der Waals surface area contributed by atoms with Crippen molar-refractivity contribution in [3.8, 4) is 11.5 Å². The lowest BCUT2D eigenvalue weighted by Gasteiger charge is -2.36. The maximum Gasteiger partial charge on any atom is 0.308 e. The summed E-state index contributed by atoms with van der Waals surface area (Å²) in [6.07, 6.45) is 1.01. The molecule has 2 aliphatic heterocycles. The Morgan fingerprint density at radius 3 is 2.23 bits per heavy atom. The van der Waals surface area contributed by atoms with Crippen LogP contribution < -0.4 is 9.47 Å². The van der Waals surface area contributed by atoms with Gasteiger partial charge < -0.3 is 14.2 Å². The van der Waals surface area contributed by atoms with Gasteiger partial charge in [-0.3, -0.25) is 9.69 Å². The van der Waals surface area contributed by atoms with E-state index in [-0.39, 0.29) is 28.3 Å². The summed E-state index contributed by atoms with van der Waals surface area (Å²) in [6, 6.07) is 3.60. The lowest BCUT2D eigenvalue weighted by molar-refractivity contribution is -0.147. The predicted octanol–water partition coefficient (Wildman–Crippen LogP) is 0.528. The second-order valence-corrected chi connectivity index (χ2v) is 11.9. The number of hydrogen-bond acceptors (Lipinski definition) is 9. The van der Waals surface area contributed by atoms with Crippen LogP contribution >= 0.6 is 0 Å². The Kier molecular flexibility index (Phi) is 6.63. The van der Waals surface area contributed by atoms with Crippen LogP contribution in [0.1, 0.15) is 12.8 Å². The average Bonchev–Trinajstić information content (AvgIpc) is 3.08. The second kappa shape index (κ2) is 8.72. The van der Waals surface area contributed by atoms with E-state index in [0.29, 0.717) is 31.7 Å². The number of likely N-dealkylation sites (tertiary alicyclic amines) is 1. The summed E-state index contributed by atoms with van der Waals surface area (Å²) in [4.78, 5) is 13.6. The van der Waals surface area contributed by atoms with Crippen molar-refractivity contribution in [2.45, 2.75) is 29.0 Å². The van der Waals surface area contributed by atoms with E-state index >= 15 is 0 Å². The average molecular weight is 462 g/mol. The quantitative estimate of drug-likeness (QED) is 0.559. The van der Waals surface area contributed by atoms with Crippen LogP contribution in [0.5, 0.6) is 11.5 Å². The van der Waals surface area contributed by atoms with Crippen molar-refractivity contribution in [2.24, 2.45) is 5.92 Å². The van der Waals surface area contributed by atoms with Crippen molar-refractivity contribution in [2.75, 3.05) is 45.9 Å². The van der Waals surface area contributed by atoms with Crippen LogP contribution in [0.15, 0.2) is 23.1 Å². The molecule has 3 rings (SSSR count). The summed E-state index contributed by atoms with van der Waals surface area (Å²) in [7, 11) is -3.27. The van der Waals surface area contributed by atoms with Gasteiger partial charge >= 0.3 is 5.97 Å². The molecule has 0 aromatic heterocycles. The second-order valence-electron chi connectivity index (χ2n) is 7.58. The molecule has 1 aromatic carbocycles. The number of carbonyl (C=O) groups excluding carboxylic acids is 1. The smallest absolute Gasteiger partial charge is 0.308 e. The molecule has 0 spiro atoms. The summed E-state index contributed by atoms with van der Waals surface area (Å²) in [5.41, 5.74) is 0. The molecule has 0 amide bonds. The predicted molar refractivity (Wildman–Crippen MR) is 109 cm³/mol. The van der Waals surface area contributed by atoms with Gasteiger partial charge in [0.1, 0.15) is 0 Å². The SMILES string of the molecule is COC(=O)C1CCN([C@H]2CS(=O)(=O)C[C@@H]2S(=O)(=O)c2ccc(OC)c(OC)c2)CC1. The fourth-order valence-corrected chi connectivity index (χ4v) is 9.08. The largest absolute Gasteiger partial charge is 0.493 e. The molecule has 0 aliphatic carbocycles. The number of methoxy groups -OCH3 is 3. The van der Waals surface area contributed by atoms with Gasteiger partial charge in [0.2, 0.25) is 0 Å². The van der Waals surface area contributed by atoms with E-state index in [1.165, 1.54) is 39.5 Å². The van der Waals surface area contributed by atoms with Gasteiger partial charge in [0.15, 0.2) is 31.2 Å². The normalized spacial score (nSPS) is 25.0. The Morgan fingerprint density at radius 2 is 1.67 bits per heavy atom. The molecule has 0 radical (unpaired) electrons. The van der Waals surface area contributed by atoms with Gasteiger partial charge in [0, 0.05) is 12.1 Å². The Bertz CT molecular complexity index is 997. The molecule has 2 fully saturated rings. The number of benzene rings is 1. The number of rotatable bonds is 6. The molecule has 30 heavy (non-hydrogen) atoms. The Hall–Kier alpha value is -1.85. The number of hydrogen-bond donors (Lipinski definition) is 0. The van der Waals surface area contributed by atoms with Crippen LogP contribution in [0.2, 0.25) is 0 Å². The van der Waals surface area contributed by atoms with Crippen LogP contribution in [0.25, 0.3) is 0 Å². The lowest BCUT2D eigenvalue weighted by Crippen LogP contribution is -2.50. The van der Waals surface area contributed by atoms with Gasteiger partial charge in [0.05, 0.1) is 48.9 Å². The van der Waals surface area contributed by atoms with E-state index in [0.717, 1.165) is 0 Å². The van der Waals surface area contributed by atoms with Gasteiger partial charge in [-0.25, -0.2) is 16.8 Å². The van der Waals surface area contributed by atoms with Crippen molar-refractivity contribution in [1.29, 1.82) is 0 Å². The summed E-state index contributed by atoms with van der Waals surface area (Å²) >= 11 is 0. The third kappa shape index (κ3) is 4.42. The number of ether oxygens (including phenoxy) is 3. The van der Waals surface area contributed by atoms with Crippen LogP contribution in [0.3, 0.4) is 0 Å². The zero-order valence-electron chi connectivity index (χ0n) is 17.2. The number of piperidine rings is 1. The molecule has 2 saturated heterocycles. The number of esters is 1. The van der Waals surface area contributed by atoms with Crippen LogP contribution in [-0.4, -0.2) is 84.9 Å². The van der Waals surface area contributed by atoms with E-state index in [2.05, 4.69) is 0 Å². The molecule has 0 bridgehead atoms. The number of carbonyl (C=O) groups is 1. The molecule has 0 N–H and O–H groups in total. The van der Waals surface area contributed by atoms with E-state index in [1.807, 2.05) is 4.90 Å². The minimum absolute atomic E-state index is 0.00306. The maximum absolute atomic E-state index is 13.4. The molecular weight excluding hydrogens is 434 g/mol. The zero-order valence-corrected chi connectivity index (χ0v) is 18.9. The Morgan fingerprint density at radius 1 is 1.03 bits per heavy atom. The zero-order chi connectivity index (χ0) is 22.1. The highest BCUT2D eigenvalue weighted by Gasteiger charge is 2.49. The maximum atomic E-state index is 13.4. The lowest BCUT2D eigenvalue weighted by atomic mass is 9.95. The molecule has 2 atom stereocenters. The van der Waals surface area contributed by atoms with Crippen molar-refractivity contribution in [3.63, 3.8) is 0 Å². The third-order valence-electron chi connectivity index (χ3n) is 5.89. The molecule has 11 heteroatoms. The van der Waals surface area contributed by atoms with Crippen LogP contribution in [-0.2, 0) is 29.2 Å². The molecule has 2 heterocycles. The molecule has 168 valence electrons. The van der Waals surface area contributed by atoms with Crippen molar-refractivity contribution < 1.29 is 35.8 Å². The first kappa shape index (κ1) is 22.8. The molecule has 9 nitrogen and oxygen atoms in total. The molecule has 1 aromatic rings. The summed E-state index contributed by atoms with van der Waals surface area (Å²) < 4.78 is 66.8. The monoisotopic (exact) mass is 461 g/mol. The fourth-order valence-electron chi connectivity index (χ4n) is 4.24. The van der Waals surface area contributed by atoms with Gasteiger partial charge in [-0.2, -0.15) is 0 Å². The minimum atomic E-state index is -3.95. The van der Waals surface area contributed by atoms with Crippen LogP contribution in [0.4, 0.5) is 0 Å². The Labute approximate surface area is 177 Å². The summed E-state index contributed by atoms with van der Waals surface area (Å²) in [5, 5.41) is -1.09. The summed E-state index contributed by atoms with van der Waals surface area (Å²) in [5.74, 6) is -0.529. The highest BCUT2D eigenvalue weighted by atomic mass is 32.2. The Balaban J connectivity index is 1.88. The number of sulfone groups is 2. The van der Waals surface area contributed by atoms with E-state index < -0.39 is 36.7 Å². The van der Waals surface area contributed by atoms with Crippen molar-refractivity contribution in [3.05, 3.63) is 18.2 Å². The number of nitrogens with zero attached hydrogens (tertiary/aromatic N) is 1. The molecular formula is C19H27NO8S2. The highest BCUT2D eigenvalue weighted by Crippen LogP contribution is 2.35. The standard InChI is InChI=1S/C19H27NO8S2/c1-26-16-5-4-14(10-17(16)27-2)30(24,25)18-12-29(22,23)11-15(18)20-8-6-13(7-9-20)19(21)28-3/h4-5,10,13,15,18H,6-9,11-12H2,1-3H3/t15-,18-/m0/s1. The van der Waals surface area contributed by atoms with Crippen molar-refractivity contribution >= 4 is 25.6 Å². The van der Waals surface area contributed by atoms with Gasteiger partial charge in [-0.15, -0.1) is 0 Å². The molecule has 0 unspecified atom stereocenters. The van der Waals surface area contributed by atoms with E-state index in [9.17, 15) is 21.6 Å². The first-order valence-electron chi connectivity index (χ1n) is 9.61. The first-order valence-corrected chi connectivity index (χ1v) is 13.0. The van der Waals surface area contributed by atoms with Gasteiger partial charge in [-0.1, -0.05) is 0 Å². The van der Waals surface area contributed by atoms with E-state index in [4.69, 9.17) is 14.2 Å². The van der Waals surface area contributed by atoms with Gasteiger partial charge in [0.25, 0.3) is 0 Å². The first-order chi connectivity index (χ1) is 14.1. The third-order valence-corrected chi connectivity index (χ3v) is 10.0. The highest BCUT2D eigenvalue weighted by molar-refractivity contribution is 7.96. The van der Waals surface area contributed by atoms with Gasteiger partial charge in [-0.05, 0) is 38.1 Å². The fraction of sp³-hybridized carbons (Fsp3) is 0.632. The van der Waals surface area contributed by atoms with Crippen molar-refractivity contribution in [1.82, 2.24) is 4.90 Å². The minimum Gasteiger partial charge on any atom is -0.493 e. The van der Waals surface area contributed by atoms with E-state index in [1.54, 1.807) is 0 Å². The molecule has 2 aliphatic rings. The summed E-state index contributed by atoms with van der Waals surface area (Å²) in [6.45, 7) is 0.885. The molecule has 0 saturated carbocycles. The topological polar surface area (TPSA) is 116 Å².